The summed E-state index contributed by atoms with van der Waals surface area (Å²) in [6.45, 7) is 2.45. The van der Waals surface area contributed by atoms with E-state index >= 15 is 0 Å². The van der Waals surface area contributed by atoms with Gasteiger partial charge < -0.3 is 10.6 Å². The Hall–Kier alpha value is -1.17. The van der Waals surface area contributed by atoms with Crippen molar-refractivity contribution in [2.45, 2.75) is 18.6 Å². The number of aromatic amines is 1. The van der Waals surface area contributed by atoms with E-state index in [-0.39, 0.29) is 11.2 Å². The summed E-state index contributed by atoms with van der Waals surface area (Å²) in [6, 6.07) is 0. The number of hydrogen-bond donors (Lipinski definition) is 3. The molecule has 3 N–H and O–H groups in total. The van der Waals surface area contributed by atoms with E-state index in [1.54, 1.807) is 4.90 Å². The molecule has 0 bridgehead atoms. The molecule has 2 heterocycles. The van der Waals surface area contributed by atoms with Gasteiger partial charge >= 0.3 is 0 Å². The zero-order chi connectivity index (χ0) is 10.3. The highest BCUT2D eigenvalue weighted by Crippen LogP contribution is 2.30. The lowest BCUT2D eigenvalue weighted by atomic mass is 10.3. The molecule has 1 aromatic heterocycles. The van der Waals surface area contributed by atoms with Crippen LogP contribution in [0, 0.1) is 6.92 Å². The van der Waals surface area contributed by atoms with Crippen LogP contribution in [0.1, 0.15) is 12.1 Å². The number of nitrogens with one attached hydrogen (secondary N) is 1. The van der Waals surface area contributed by atoms with Gasteiger partial charge in [-0.2, -0.15) is 17.7 Å². The smallest absolute Gasteiger partial charge is 0.228 e. The second-order valence-corrected chi connectivity index (χ2v) is 4.18. The van der Waals surface area contributed by atoms with Gasteiger partial charge in [0.25, 0.3) is 0 Å². The number of amides is 1. The van der Waals surface area contributed by atoms with Crippen LogP contribution in [0.15, 0.2) is 0 Å². The van der Waals surface area contributed by atoms with Crippen molar-refractivity contribution in [2.75, 3.05) is 17.2 Å². The average Bonchev–Trinajstić information content (AvgIpc) is 2.57. The van der Waals surface area contributed by atoms with Crippen molar-refractivity contribution < 1.29 is 4.79 Å². The summed E-state index contributed by atoms with van der Waals surface area (Å²) in [5.41, 5.74) is 7.19. The Bertz CT molecular complexity index is 356. The first-order chi connectivity index (χ1) is 6.59. The minimum Gasteiger partial charge on any atom is -0.380 e. The minimum atomic E-state index is 0.0567. The molecule has 1 fully saturated rings. The molecule has 0 aromatic carbocycles. The molecule has 1 unspecified atom stereocenters. The summed E-state index contributed by atoms with van der Waals surface area (Å²) in [5, 5.41) is 6.70. The number of nitrogens with two attached hydrogens (primary N) is 1. The Morgan fingerprint density at radius 3 is 2.86 bits per heavy atom. The summed E-state index contributed by atoms with van der Waals surface area (Å²) in [7, 11) is 0. The van der Waals surface area contributed by atoms with Gasteiger partial charge in [0, 0.05) is 18.2 Å². The molecule has 5 nitrogen and oxygen atoms in total. The second-order valence-electron chi connectivity index (χ2n) is 3.44. The molecule has 14 heavy (non-hydrogen) atoms. The van der Waals surface area contributed by atoms with Gasteiger partial charge in [0.2, 0.25) is 5.91 Å². The lowest BCUT2D eigenvalue weighted by Gasteiger charge is -2.15. The SMILES string of the molecule is Cc1[nH]nc(N)c1N1CC(S)CC1=O. The van der Waals surface area contributed by atoms with Crippen LogP contribution in [0.5, 0.6) is 0 Å². The van der Waals surface area contributed by atoms with E-state index in [1.165, 1.54) is 0 Å². The third-order valence-electron chi connectivity index (χ3n) is 2.32. The molecule has 1 aliphatic heterocycles. The van der Waals surface area contributed by atoms with Crippen molar-refractivity contribution in [2.24, 2.45) is 0 Å². The summed E-state index contributed by atoms with van der Waals surface area (Å²) >= 11 is 4.28. The molecule has 1 saturated heterocycles. The Balaban J connectivity index is 2.36. The Labute approximate surface area is 87.1 Å². The molecule has 0 saturated carbocycles. The highest BCUT2D eigenvalue weighted by Gasteiger charge is 2.31. The molecule has 1 aromatic rings. The number of nitrogens with zero attached hydrogens (tertiary/aromatic N) is 2. The van der Waals surface area contributed by atoms with Gasteiger partial charge in [-0.25, -0.2) is 0 Å². The number of anilines is 2. The molecular weight excluding hydrogens is 200 g/mol. The van der Waals surface area contributed by atoms with Crippen molar-refractivity contribution in [3.63, 3.8) is 0 Å². The number of H-pyrrole nitrogens is 1. The van der Waals surface area contributed by atoms with E-state index in [0.29, 0.717) is 24.5 Å². The van der Waals surface area contributed by atoms with Gasteiger partial charge in [0.1, 0.15) is 5.69 Å². The number of rotatable bonds is 1. The Morgan fingerprint density at radius 1 is 1.71 bits per heavy atom. The van der Waals surface area contributed by atoms with Crippen LogP contribution in [-0.2, 0) is 4.79 Å². The van der Waals surface area contributed by atoms with Crippen molar-refractivity contribution in [3.8, 4) is 0 Å². The third kappa shape index (κ3) is 1.35. The van der Waals surface area contributed by atoms with Crippen molar-refractivity contribution >= 4 is 30.0 Å². The molecule has 0 spiro atoms. The van der Waals surface area contributed by atoms with Gasteiger partial charge in [0.15, 0.2) is 5.82 Å². The van der Waals surface area contributed by atoms with E-state index in [4.69, 9.17) is 5.73 Å². The van der Waals surface area contributed by atoms with Gasteiger partial charge in [0.05, 0.1) is 5.69 Å². The van der Waals surface area contributed by atoms with Crippen LogP contribution in [-0.4, -0.2) is 27.9 Å². The molecular formula is C8H12N4OS. The van der Waals surface area contributed by atoms with Gasteiger partial charge in [-0.3, -0.25) is 9.89 Å². The van der Waals surface area contributed by atoms with E-state index < -0.39 is 0 Å². The topological polar surface area (TPSA) is 75.0 Å². The number of carbonyl (C=O) groups excluding carboxylic acids is 1. The maximum absolute atomic E-state index is 11.6. The number of nitrogen functional groups attached to an aromatic ring is 1. The monoisotopic (exact) mass is 212 g/mol. The van der Waals surface area contributed by atoms with E-state index in [2.05, 4.69) is 22.8 Å². The standard InChI is InChI=1S/C8H12N4OS/c1-4-7(8(9)11-10-4)12-3-5(14)2-6(12)13/h5,14H,2-3H2,1H3,(H3,9,10,11). The van der Waals surface area contributed by atoms with Crippen LogP contribution >= 0.6 is 12.6 Å². The number of aryl methyl sites for hydroxylation is 1. The maximum atomic E-state index is 11.6. The molecule has 1 atom stereocenters. The Morgan fingerprint density at radius 2 is 2.43 bits per heavy atom. The van der Waals surface area contributed by atoms with E-state index in [0.717, 1.165) is 5.69 Å². The number of carbonyl (C=O) groups is 1. The van der Waals surface area contributed by atoms with E-state index in [1.807, 2.05) is 6.92 Å². The molecule has 0 radical (unpaired) electrons. The van der Waals surface area contributed by atoms with Gasteiger partial charge in [-0.1, -0.05) is 0 Å². The van der Waals surface area contributed by atoms with Gasteiger partial charge in [-0.05, 0) is 6.92 Å². The molecule has 76 valence electrons. The predicted octanol–water partition coefficient (Wildman–Crippen LogP) is 0.335. The normalized spacial score (nSPS) is 22.0. The van der Waals surface area contributed by atoms with Crippen molar-refractivity contribution in [1.29, 1.82) is 0 Å². The minimum absolute atomic E-state index is 0.0567. The summed E-state index contributed by atoms with van der Waals surface area (Å²) < 4.78 is 0. The van der Waals surface area contributed by atoms with Crippen LogP contribution in [0.2, 0.25) is 0 Å². The molecule has 1 amide bonds. The lowest BCUT2D eigenvalue weighted by Crippen LogP contribution is -2.25. The van der Waals surface area contributed by atoms with Crippen molar-refractivity contribution in [1.82, 2.24) is 10.2 Å². The molecule has 1 aliphatic rings. The number of thiol groups is 1. The fourth-order valence-electron chi connectivity index (χ4n) is 1.69. The molecule has 6 heteroatoms. The predicted molar refractivity (Wildman–Crippen MR) is 57.5 cm³/mol. The van der Waals surface area contributed by atoms with E-state index in [9.17, 15) is 4.79 Å². The quantitative estimate of drug-likeness (QED) is 0.587. The largest absolute Gasteiger partial charge is 0.380 e. The maximum Gasteiger partial charge on any atom is 0.228 e. The summed E-state index contributed by atoms with van der Waals surface area (Å²) in [6.07, 6.45) is 0.465. The number of hydrogen-bond acceptors (Lipinski definition) is 4. The first-order valence-electron chi connectivity index (χ1n) is 4.38. The van der Waals surface area contributed by atoms with Crippen LogP contribution < -0.4 is 10.6 Å². The zero-order valence-electron chi connectivity index (χ0n) is 7.82. The summed E-state index contributed by atoms with van der Waals surface area (Å²) in [5.74, 6) is 0.430. The Kier molecular flexibility index (Phi) is 2.14. The van der Waals surface area contributed by atoms with Crippen LogP contribution in [0.3, 0.4) is 0 Å². The number of aromatic nitrogens is 2. The second kappa shape index (κ2) is 3.20. The first-order valence-corrected chi connectivity index (χ1v) is 4.90. The van der Waals surface area contributed by atoms with Crippen molar-refractivity contribution in [3.05, 3.63) is 5.69 Å². The van der Waals surface area contributed by atoms with Gasteiger partial charge in [-0.15, -0.1) is 0 Å². The highest BCUT2D eigenvalue weighted by atomic mass is 32.1. The van der Waals surface area contributed by atoms with Crippen LogP contribution in [0.4, 0.5) is 11.5 Å². The molecule has 0 aliphatic carbocycles. The van der Waals surface area contributed by atoms with Crippen LogP contribution in [0.25, 0.3) is 0 Å². The first kappa shape index (κ1) is 9.39. The average molecular weight is 212 g/mol. The zero-order valence-corrected chi connectivity index (χ0v) is 8.71. The molecule has 2 rings (SSSR count). The lowest BCUT2D eigenvalue weighted by molar-refractivity contribution is -0.117. The fraction of sp³-hybridized carbons (Fsp3) is 0.500. The summed E-state index contributed by atoms with van der Waals surface area (Å²) in [4.78, 5) is 13.2. The fourth-order valence-corrected chi connectivity index (χ4v) is 2.01. The third-order valence-corrected chi connectivity index (χ3v) is 2.66. The highest BCUT2D eigenvalue weighted by molar-refractivity contribution is 7.81.